The van der Waals surface area contributed by atoms with E-state index in [4.69, 9.17) is 4.74 Å². The number of aryl methyl sites for hydroxylation is 1. The fourth-order valence-electron chi connectivity index (χ4n) is 3.56. The highest BCUT2D eigenvalue weighted by molar-refractivity contribution is 7.99. The number of nitrogens with zero attached hydrogens (tertiary/aromatic N) is 2. The Morgan fingerprint density at radius 1 is 1.08 bits per heavy atom. The second-order valence-corrected chi connectivity index (χ2v) is 9.44. The summed E-state index contributed by atoms with van der Waals surface area (Å²) in [5.74, 6) is 0.130. The molecule has 1 aliphatic carbocycles. The van der Waals surface area contributed by atoms with Crippen LogP contribution in [-0.2, 0) is 9.59 Å². The van der Waals surface area contributed by atoms with Crippen LogP contribution >= 0.6 is 11.8 Å². The van der Waals surface area contributed by atoms with Gasteiger partial charge in [-0.25, -0.2) is 5.43 Å². The first-order chi connectivity index (χ1) is 17.4. The van der Waals surface area contributed by atoms with Crippen LogP contribution in [0.4, 0.5) is 5.69 Å². The summed E-state index contributed by atoms with van der Waals surface area (Å²) >= 11 is 1.61. The van der Waals surface area contributed by atoms with Crippen molar-refractivity contribution >= 4 is 41.6 Å². The van der Waals surface area contributed by atoms with Gasteiger partial charge in [-0.3, -0.25) is 9.59 Å². The van der Waals surface area contributed by atoms with E-state index in [1.165, 1.54) is 0 Å². The highest BCUT2D eigenvalue weighted by Crippen LogP contribution is 2.37. The van der Waals surface area contributed by atoms with Gasteiger partial charge in [0.15, 0.2) is 0 Å². The summed E-state index contributed by atoms with van der Waals surface area (Å²) in [4.78, 5) is 29.0. The number of hydrogen-bond donors (Lipinski definition) is 2. The Morgan fingerprint density at radius 2 is 1.81 bits per heavy atom. The zero-order chi connectivity index (χ0) is 25.5. The zero-order valence-corrected chi connectivity index (χ0v) is 21.2. The Balaban J connectivity index is 1.53. The standard InChI is InChI=1S/C28H28N4O3S/c1-19-14-25-26(36-18-35-25)16-22(19)17-29-31-28(34)24(15-20-10-12-23(13-11-20)32(2)3)30-27(33)21-8-6-4-5-7-9-21/h4-17,21H,18H2,1-3H3,(H,30,33)(H,31,34)/b24-15-,29-17+. The van der Waals surface area contributed by atoms with Crippen molar-refractivity contribution in [2.75, 3.05) is 24.9 Å². The van der Waals surface area contributed by atoms with Crippen LogP contribution in [0.5, 0.6) is 5.75 Å². The number of anilines is 1. The Hall–Kier alpha value is -4.04. The molecular weight excluding hydrogens is 472 g/mol. The van der Waals surface area contributed by atoms with Crippen molar-refractivity contribution in [3.8, 4) is 5.75 Å². The second kappa shape index (κ2) is 11.6. The van der Waals surface area contributed by atoms with Crippen molar-refractivity contribution in [1.82, 2.24) is 10.7 Å². The third-order valence-corrected chi connectivity index (χ3v) is 6.49. The van der Waals surface area contributed by atoms with E-state index in [0.29, 0.717) is 5.94 Å². The SMILES string of the molecule is Cc1cc2c(cc1/C=N/NC(=O)/C(=C/c1ccc(N(C)C)cc1)NC(=O)C1C=CC=CC=C1)SCO2. The fraction of sp³-hybridized carbons (Fsp3) is 0.179. The van der Waals surface area contributed by atoms with E-state index in [9.17, 15) is 9.59 Å². The van der Waals surface area contributed by atoms with Gasteiger partial charge in [0, 0.05) is 19.8 Å². The van der Waals surface area contributed by atoms with Gasteiger partial charge in [-0.2, -0.15) is 5.10 Å². The monoisotopic (exact) mass is 500 g/mol. The number of nitrogens with one attached hydrogen (secondary N) is 2. The van der Waals surface area contributed by atoms with Crippen LogP contribution in [0, 0.1) is 12.8 Å². The predicted molar refractivity (Wildman–Crippen MR) is 146 cm³/mol. The van der Waals surface area contributed by atoms with Crippen molar-refractivity contribution in [2.24, 2.45) is 11.0 Å². The molecule has 1 aliphatic heterocycles. The summed E-state index contributed by atoms with van der Waals surface area (Å²) in [6.45, 7) is 1.96. The molecule has 0 bridgehead atoms. The second-order valence-electron chi connectivity index (χ2n) is 8.47. The minimum Gasteiger partial charge on any atom is -0.481 e. The lowest BCUT2D eigenvalue weighted by Crippen LogP contribution is -2.35. The van der Waals surface area contributed by atoms with Crippen molar-refractivity contribution in [1.29, 1.82) is 0 Å². The van der Waals surface area contributed by atoms with Crippen LogP contribution in [0.1, 0.15) is 16.7 Å². The molecular formula is C28H28N4O3S. The third kappa shape index (κ3) is 6.34. The first-order valence-electron chi connectivity index (χ1n) is 11.5. The Labute approximate surface area is 215 Å². The van der Waals surface area contributed by atoms with Gasteiger partial charge in [0.2, 0.25) is 5.91 Å². The number of amides is 2. The molecule has 8 heteroatoms. The van der Waals surface area contributed by atoms with E-state index in [1.807, 2.05) is 74.5 Å². The average Bonchev–Trinajstić information content (AvgIpc) is 3.13. The molecule has 2 aromatic carbocycles. The van der Waals surface area contributed by atoms with E-state index in [2.05, 4.69) is 15.8 Å². The highest BCUT2D eigenvalue weighted by atomic mass is 32.2. The maximum absolute atomic E-state index is 13.1. The number of benzene rings is 2. The summed E-state index contributed by atoms with van der Waals surface area (Å²) in [5, 5.41) is 6.92. The van der Waals surface area contributed by atoms with Gasteiger partial charge in [0.25, 0.3) is 5.91 Å². The lowest BCUT2D eigenvalue weighted by molar-refractivity contribution is -0.124. The van der Waals surface area contributed by atoms with Crippen LogP contribution in [0.2, 0.25) is 0 Å². The number of carbonyl (C=O) groups is 2. The van der Waals surface area contributed by atoms with Gasteiger partial charge in [0.1, 0.15) is 17.4 Å². The van der Waals surface area contributed by atoms with E-state index in [-0.39, 0.29) is 11.6 Å². The minimum atomic E-state index is -0.521. The molecule has 2 amide bonds. The molecule has 0 aromatic heterocycles. The lowest BCUT2D eigenvalue weighted by Gasteiger charge is -2.13. The molecule has 4 rings (SSSR count). The lowest BCUT2D eigenvalue weighted by atomic mass is 10.1. The summed E-state index contributed by atoms with van der Waals surface area (Å²) < 4.78 is 5.57. The van der Waals surface area contributed by atoms with Crippen LogP contribution in [0.15, 0.2) is 88.5 Å². The summed E-state index contributed by atoms with van der Waals surface area (Å²) in [6, 6.07) is 11.6. The van der Waals surface area contributed by atoms with Crippen molar-refractivity contribution in [2.45, 2.75) is 11.8 Å². The number of hydrazone groups is 1. The van der Waals surface area contributed by atoms with Crippen LogP contribution < -0.4 is 20.4 Å². The molecule has 0 atom stereocenters. The fourth-order valence-corrected chi connectivity index (χ4v) is 4.35. The molecule has 2 aliphatic rings. The summed E-state index contributed by atoms with van der Waals surface area (Å²) in [7, 11) is 3.91. The number of hydrogen-bond acceptors (Lipinski definition) is 6. The van der Waals surface area contributed by atoms with Gasteiger partial charge < -0.3 is 15.0 Å². The van der Waals surface area contributed by atoms with Crippen LogP contribution in [0.25, 0.3) is 6.08 Å². The van der Waals surface area contributed by atoms with Gasteiger partial charge in [-0.15, -0.1) is 0 Å². The molecule has 2 aromatic rings. The van der Waals surface area contributed by atoms with Gasteiger partial charge in [0.05, 0.1) is 17.0 Å². The van der Waals surface area contributed by atoms with Crippen molar-refractivity contribution in [3.05, 3.63) is 95.2 Å². The predicted octanol–water partition coefficient (Wildman–Crippen LogP) is 4.41. The number of fused-ring (bicyclic) bond motifs is 1. The smallest absolute Gasteiger partial charge is 0.287 e. The van der Waals surface area contributed by atoms with Gasteiger partial charge >= 0.3 is 0 Å². The van der Waals surface area contributed by atoms with Crippen molar-refractivity contribution in [3.63, 3.8) is 0 Å². The molecule has 0 saturated carbocycles. The van der Waals surface area contributed by atoms with Crippen LogP contribution in [0.3, 0.4) is 0 Å². The zero-order valence-electron chi connectivity index (χ0n) is 20.4. The topological polar surface area (TPSA) is 83.0 Å². The van der Waals surface area contributed by atoms with E-state index < -0.39 is 11.8 Å². The molecule has 0 fully saturated rings. The Morgan fingerprint density at radius 3 is 2.50 bits per heavy atom. The normalized spacial score (nSPS) is 14.9. The largest absolute Gasteiger partial charge is 0.481 e. The van der Waals surface area contributed by atoms with Crippen molar-refractivity contribution < 1.29 is 14.3 Å². The Bertz CT molecular complexity index is 1270. The average molecular weight is 501 g/mol. The quantitative estimate of drug-likeness (QED) is 0.334. The summed E-state index contributed by atoms with van der Waals surface area (Å²) in [5.41, 5.74) is 6.32. The maximum atomic E-state index is 13.1. The first kappa shape index (κ1) is 25.1. The molecule has 2 N–H and O–H groups in total. The van der Waals surface area contributed by atoms with E-state index in [1.54, 1.807) is 48.4 Å². The molecule has 1 heterocycles. The number of carbonyl (C=O) groups excluding carboxylic acids is 2. The van der Waals surface area contributed by atoms with Gasteiger partial charge in [-0.1, -0.05) is 60.4 Å². The number of thioether (sulfide) groups is 1. The van der Waals surface area contributed by atoms with E-state index >= 15 is 0 Å². The van der Waals surface area contributed by atoms with E-state index in [0.717, 1.165) is 33.0 Å². The number of rotatable bonds is 7. The number of allylic oxidation sites excluding steroid dienone is 4. The van der Waals surface area contributed by atoms with Gasteiger partial charge in [-0.05, 0) is 54.0 Å². The summed E-state index contributed by atoms with van der Waals surface area (Å²) in [6.07, 6.45) is 14.1. The molecule has 0 radical (unpaired) electrons. The molecule has 0 saturated heterocycles. The molecule has 0 spiro atoms. The maximum Gasteiger partial charge on any atom is 0.287 e. The molecule has 184 valence electrons. The first-order valence-corrected chi connectivity index (χ1v) is 12.4. The minimum absolute atomic E-state index is 0.100. The Kier molecular flexibility index (Phi) is 8.07. The molecule has 7 nitrogen and oxygen atoms in total. The highest BCUT2D eigenvalue weighted by Gasteiger charge is 2.18. The third-order valence-electron chi connectivity index (χ3n) is 5.63. The molecule has 36 heavy (non-hydrogen) atoms. The molecule has 0 unspecified atom stereocenters. The number of ether oxygens (including phenoxy) is 1. The van der Waals surface area contributed by atoms with Crippen LogP contribution in [-0.4, -0.2) is 38.1 Å².